The van der Waals surface area contributed by atoms with E-state index in [-0.39, 0.29) is 5.75 Å². The van der Waals surface area contributed by atoms with Crippen LogP contribution >= 0.6 is 0 Å². The molecular weight excluding hydrogens is 248 g/mol. The van der Waals surface area contributed by atoms with Gasteiger partial charge in [0, 0.05) is 0 Å². The third kappa shape index (κ3) is 1.96. The van der Waals surface area contributed by atoms with Crippen LogP contribution in [-0.2, 0) is 25.7 Å². The lowest BCUT2D eigenvalue weighted by Gasteiger charge is -2.11. The van der Waals surface area contributed by atoms with E-state index in [4.69, 9.17) is 4.74 Å². The van der Waals surface area contributed by atoms with Gasteiger partial charge in [-0.25, -0.2) is 0 Å². The third-order valence-electron chi connectivity index (χ3n) is 4.47. The molecule has 2 nitrogen and oxygen atoms in total. The molecule has 0 saturated carbocycles. The lowest BCUT2D eigenvalue weighted by Crippen LogP contribution is -1.90. The van der Waals surface area contributed by atoms with Crippen molar-refractivity contribution in [1.29, 1.82) is 0 Å². The van der Waals surface area contributed by atoms with Gasteiger partial charge in [-0.1, -0.05) is 6.07 Å². The Morgan fingerprint density at radius 1 is 0.750 bits per heavy atom. The Hall–Kier alpha value is -1.96. The number of hydrogen-bond donors (Lipinski definition) is 1. The normalized spacial score (nSPS) is 16.0. The minimum atomic E-state index is 0.256. The van der Waals surface area contributed by atoms with Gasteiger partial charge in [0.15, 0.2) is 11.5 Å². The molecule has 0 aromatic heterocycles. The number of phenolic OH excluding ortho intramolecular Hbond substituents is 1. The summed E-state index contributed by atoms with van der Waals surface area (Å²) in [5.41, 5.74) is 5.42. The quantitative estimate of drug-likeness (QED) is 0.884. The summed E-state index contributed by atoms with van der Waals surface area (Å²) in [4.78, 5) is 0. The first kappa shape index (κ1) is 11.8. The van der Waals surface area contributed by atoms with Crippen molar-refractivity contribution < 1.29 is 9.84 Å². The van der Waals surface area contributed by atoms with E-state index in [0.717, 1.165) is 25.0 Å². The molecule has 2 heteroatoms. The lowest BCUT2D eigenvalue weighted by molar-refractivity contribution is 0.410. The van der Waals surface area contributed by atoms with Crippen LogP contribution in [0.25, 0.3) is 0 Å². The number of rotatable bonds is 2. The highest BCUT2D eigenvalue weighted by Gasteiger charge is 2.16. The number of benzene rings is 2. The van der Waals surface area contributed by atoms with E-state index in [1.807, 2.05) is 18.2 Å². The standard InChI is InChI=1S/C18H18O2/c19-17-10-14-5-2-6-15(14)11-18(17)20-16-8-7-12-3-1-4-13(12)9-16/h7-11,19H,1-6H2. The maximum Gasteiger partial charge on any atom is 0.169 e. The summed E-state index contributed by atoms with van der Waals surface area (Å²) in [6.07, 6.45) is 6.90. The van der Waals surface area contributed by atoms with Crippen LogP contribution in [0, 0.1) is 0 Å². The molecule has 0 fully saturated rings. The van der Waals surface area contributed by atoms with Crippen LogP contribution in [0.5, 0.6) is 17.2 Å². The Kier molecular flexibility index (Phi) is 2.69. The molecule has 0 heterocycles. The first-order valence-electron chi connectivity index (χ1n) is 7.44. The number of fused-ring (bicyclic) bond motifs is 2. The topological polar surface area (TPSA) is 29.5 Å². The van der Waals surface area contributed by atoms with Gasteiger partial charge in [-0.15, -0.1) is 0 Å². The zero-order valence-corrected chi connectivity index (χ0v) is 11.5. The monoisotopic (exact) mass is 266 g/mol. The van der Waals surface area contributed by atoms with Crippen molar-refractivity contribution in [2.24, 2.45) is 0 Å². The van der Waals surface area contributed by atoms with Crippen LogP contribution in [0.3, 0.4) is 0 Å². The van der Waals surface area contributed by atoms with Gasteiger partial charge in [0.1, 0.15) is 5.75 Å². The molecule has 20 heavy (non-hydrogen) atoms. The maximum atomic E-state index is 10.1. The Morgan fingerprint density at radius 3 is 2.20 bits per heavy atom. The van der Waals surface area contributed by atoms with Crippen molar-refractivity contribution in [2.75, 3.05) is 0 Å². The predicted molar refractivity (Wildman–Crippen MR) is 78.7 cm³/mol. The summed E-state index contributed by atoms with van der Waals surface area (Å²) in [7, 11) is 0. The molecule has 2 aromatic carbocycles. The van der Waals surface area contributed by atoms with E-state index >= 15 is 0 Å². The van der Waals surface area contributed by atoms with Crippen LogP contribution in [0.2, 0.25) is 0 Å². The van der Waals surface area contributed by atoms with E-state index in [2.05, 4.69) is 12.1 Å². The largest absolute Gasteiger partial charge is 0.504 e. The number of ether oxygens (including phenoxy) is 1. The molecule has 0 amide bonds. The van der Waals surface area contributed by atoms with Gasteiger partial charge in [-0.2, -0.15) is 0 Å². The first-order valence-corrected chi connectivity index (χ1v) is 7.44. The van der Waals surface area contributed by atoms with Gasteiger partial charge in [0.25, 0.3) is 0 Å². The van der Waals surface area contributed by atoms with E-state index in [0.29, 0.717) is 5.75 Å². The minimum absolute atomic E-state index is 0.256. The van der Waals surface area contributed by atoms with Crippen LogP contribution in [0.15, 0.2) is 30.3 Å². The zero-order chi connectivity index (χ0) is 13.5. The molecule has 0 spiro atoms. The maximum absolute atomic E-state index is 10.1. The van der Waals surface area contributed by atoms with Gasteiger partial charge in [-0.05, 0) is 85.0 Å². The summed E-state index contributed by atoms with van der Waals surface area (Å²) in [6, 6.07) is 10.2. The van der Waals surface area contributed by atoms with Crippen LogP contribution < -0.4 is 4.74 Å². The van der Waals surface area contributed by atoms with Crippen molar-refractivity contribution in [3.05, 3.63) is 52.6 Å². The molecular formula is C18H18O2. The summed E-state index contributed by atoms with van der Waals surface area (Å²) in [6.45, 7) is 0. The molecule has 2 aromatic rings. The number of phenols is 1. The third-order valence-corrected chi connectivity index (χ3v) is 4.47. The van der Waals surface area contributed by atoms with Gasteiger partial charge >= 0.3 is 0 Å². The molecule has 0 bridgehead atoms. The molecule has 2 aliphatic rings. The van der Waals surface area contributed by atoms with Crippen LogP contribution in [0.4, 0.5) is 0 Å². The zero-order valence-electron chi connectivity index (χ0n) is 11.5. The molecule has 0 aliphatic heterocycles. The Labute approximate surface area is 119 Å². The SMILES string of the molecule is Oc1cc2c(cc1Oc1ccc3c(c1)CCC3)CCC2. The van der Waals surface area contributed by atoms with Crippen molar-refractivity contribution in [1.82, 2.24) is 0 Å². The van der Waals surface area contributed by atoms with Gasteiger partial charge in [0.05, 0.1) is 0 Å². The summed E-state index contributed by atoms with van der Waals surface area (Å²) in [5.74, 6) is 1.67. The minimum Gasteiger partial charge on any atom is -0.504 e. The molecule has 4 rings (SSSR count). The van der Waals surface area contributed by atoms with Gasteiger partial charge in [-0.3, -0.25) is 0 Å². The molecule has 102 valence electrons. The fraction of sp³-hybridized carbons (Fsp3) is 0.333. The molecule has 1 N–H and O–H groups in total. The van der Waals surface area contributed by atoms with Crippen molar-refractivity contribution in [2.45, 2.75) is 38.5 Å². The molecule has 0 unspecified atom stereocenters. The highest BCUT2D eigenvalue weighted by Crippen LogP contribution is 2.37. The second-order valence-electron chi connectivity index (χ2n) is 5.83. The molecule has 0 saturated heterocycles. The fourth-order valence-corrected chi connectivity index (χ4v) is 3.41. The van der Waals surface area contributed by atoms with Crippen molar-refractivity contribution in [3.63, 3.8) is 0 Å². The Morgan fingerprint density at radius 2 is 1.40 bits per heavy atom. The van der Waals surface area contributed by atoms with Gasteiger partial charge < -0.3 is 9.84 Å². The summed E-state index contributed by atoms with van der Waals surface area (Å²) in [5, 5.41) is 10.1. The molecule has 0 radical (unpaired) electrons. The fourth-order valence-electron chi connectivity index (χ4n) is 3.41. The first-order chi connectivity index (χ1) is 9.79. The second kappa shape index (κ2) is 4.55. The second-order valence-corrected chi connectivity index (χ2v) is 5.83. The van der Waals surface area contributed by atoms with E-state index in [1.165, 1.54) is 41.5 Å². The lowest BCUT2D eigenvalue weighted by atomic mass is 10.1. The van der Waals surface area contributed by atoms with Crippen molar-refractivity contribution in [3.8, 4) is 17.2 Å². The summed E-state index contributed by atoms with van der Waals surface area (Å²) >= 11 is 0. The predicted octanol–water partition coefficient (Wildman–Crippen LogP) is 4.16. The Bertz CT molecular complexity index is 673. The highest BCUT2D eigenvalue weighted by atomic mass is 16.5. The van der Waals surface area contributed by atoms with Crippen LogP contribution in [0.1, 0.15) is 35.1 Å². The van der Waals surface area contributed by atoms with Crippen molar-refractivity contribution >= 4 is 0 Å². The average Bonchev–Trinajstić information content (AvgIpc) is 3.06. The molecule has 0 atom stereocenters. The summed E-state index contributed by atoms with van der Waals surface area (Å²) < 4.78 is 5.91. The van der Waals surface area contributed by atoms with Crippen LogP contribution in [-0.4, -0.2) is 5.11 Å². The van der Waals surface area contributed by atoms with E-state index in [1.54, 1.807) is 0 Å². The van der Waals surface area contributed by atoms with E-state index in [9.17, 15) is 5.11 Å². The highest BCUT2D eigenvalue weighted by molar-refractivity contribution is 5.50. The number of hydrogen-bond acceptors (Lipinski definition) is 2. The molecule has 2 aliphatic carbocycles. The number of aryl methyl sites for hydroxylation is 4. The smallest absolute Gasteiger partial charge is 0.169 e. The van der Waals surface area contributed by atoms with Gasteiger partial charge in [0.2, 0.25) is 0 Å². The van der Waals surface area contributed by atoms with E-state index < -0.39 is 0 Å². The average molecular weight is 266 g/mol. The number of aromatic hydroxyl groups is 1. The Balaban J connectivity index is 1.66.